The van der Waals surface area contributed by atoms with Crippen molar-refractivity contribution in [1.29, 1.82) is 0 Å². The Balaban J connectivity index is 1.45. The summed E-state index contributed by atoms with van der Waals surface area (Å²) in [5.41, 5.74) is 0.898. The Kier molecular flexibility index (Phi) is 4.74. The standard InChI is InChI=1S/C18H14ClN5O2S/c1-11(26-13-5-3-2-4-6-13)17-22-23-18(27-17)21-16(25)14-10-24-9-12(19)7-8-15(24)20-14/h2-11H,1H3,(H,21,23,25). The Bertz CT molecular complexity index is 1100. The maximum absolute atomic E-state index is 12.4. The van der Waals surface area contributed by atoms with E-state index in [1.54, 1.807) is 28.9 Å². The van der Waals surface area contributed by atoms with Crippen molar-refractivity contribution in [3.05, 3.63) is 70.6 Å². The van der Waals surface area contributed by atoms with Crippen LogP contribution in [-0.4, -0.2) is 25.5 Å². The molecule has 1 atom stereocenters. The number of nitrogens with zero attached hydrogens (tertiary/aromatic N) is 4. The van der Waals surface area contributed by atoms with Gasteiger partial charge in [-0.05, 0) is 31.2 Å². The zero-order valence-corrected chi connectivity index (χ0v) is 15.7. The molecule has 0 fully saturated rings. The van der Waals surface area contributed by atoms with Crippen molar-refractivity contribution in [3.63, 3.8) is 0 Å². The molecule has 1 amide bonds. The lowest BCUT2D eigenvalue weighted by molar-refractivity contribution is 0.102. The molecule has 0 spiro atoms. The average Bonchev–Trinajstić information content (AvgIpc) is 3.29. The highest BCUT2D eigenvalue weighted by molar-refractivity contribution is 7.15. The lowest BCUT2D eigenvalue weighted by Crippen LogP contribution is -2.12. The highest BCUT2D eigenvalue weighted by Gasteiger charge is 2.17. The summed E-state index contributed by atoms with van der Waals surface area (Å²) in [5, 5.41) is 12.4. The third kappa shape index (κ3) is 3.91. The van der Waals surface area contributed by atoms with Gasteiger partial charge in [-0.1, -0.05) is 41.1 Å². The summed E-state index contributed by atoms with van der Waals surface area (Å²) in [5.74, 6) is 0.378. The maximum atomic E-state index is 12.4. The quantitative estimate of drug-likeness (QED) is 0.543. The van der Waals surface area contributed by atoms with Gasteiger partial charge in [0.05, 0.1) is 5.02 Å². The van der Waals surface area contributed by atoms with Crippen LogP contribution in [0.3, 0.4) is 0 Å². The van der Waals surface area contributed by atoms with Gasteiger partial charge in [-0.3, -0.25) is 10.1 Å². The Morgan fingerprint density at radius 3 is 2.81 bits per heavy atom. The fraction of sp³-hybridized carbons (Fsp3) is 0.111. The number of hydrogen-bond donors (Lipinski definition) is 1. The summed E-state index contributed by atoms with van der Waals surface area (Å²) in [6.45, 7) is 1.88. The topological polar surface area (TPSA) is 81.4 Å². The number of benzene rings is 1. The van der Waals surface area contributed by atoms with Crippen LogP contribution in [0.5, 0.6) is 5.75 Å². The number of carbonyl (C=O) groups is 1. The van der Waals surface area contributed by atoms with E-state index in [-0.39, 0.29) is 17.7 Å². The van der Waals surface area contributed by atoms with Gasteiger partial charge >= 0.3 is 0 Å². The molecule has 0 saturated heterocycles. The summed E-state index contributed by atoms with van der Waals surface area (Å²) < 4.78 is 7.51. The van der Waals surface area contributed by atoms with Crippen LogP contribution in [-0.2, 0) is 0 Å². The van der Waals surface area contributed by atoms with Gasteiger partial charge in [-0.25, -0.2) is 4.98 Å². The summed E-state index contributed by atoms with van der Waals surface area (Å²) in [7, 11) is 0. The highest BCUT2D eigenvalue weighted by Crippen LogP contribution is 2.26. The van der Waals surface area contributed by atoms with E-state index in [0.29, 0.717) is 20.8 Å². The van der Waals surface area contributed by atoms with Crippen LogP contribution in [0.15, 0.2) is 54.9 Å². The van der Waals surface area contributed by atoms with Gasteiger partial charge in [0.2, 0.25) is 5.13 Å². The number of aromatic nitrogens is 4. The molecule has 136 valence electrons. The molecule has 4 aromatic rings. The molecular formula is C18H14ClN5O2S. The van der Waals surface area contributed by atoms with E-state index >= 15 is 0 Å². The number of hydrogen-bond acceptors (Lipinski definition) is 6. The molecule has 0 radical (unpaired) electrons. The Morgan fingerprint density at radius 2 is 2.00 bits per heavy atom. The molecule has 9 heteroatoms. The van der Waals surface area contributed by atoms with Crippen molar-refractivity contribution in [2.75, 3.05) is 5.32 Å². The molecule has 1 N–H and O–H groups in total. The number of imidazole rings is 1. The number of nitrogens with one attached hydrogen (secondary N) is 1. The van der Waals surface area contributed by atoms with E-state index in [1.807, 2.05) is 37.3 Å². The van der Waals surface area contributed by atoms with Gasteiger partial charge in [0, 0.05) is 12.4 Å². The van der Waals surface area contributed by atoms with E-state index in [9.17, 15) is 4.79 Å². The SMILES string of the molecule is CC(Oc1ccccc1)c1nnc(NC(=O)c2cn3cc(Cl)ccc3n2)s1. The molecule has 1 unspecified atom stereocenters. The van der Waals surface area contributed by atoms with Crippen molar-refractivity contribution < 1.29 is 9.53 Å². The molecule has 3 heterocycles. The Hall–Kier alpha value is -2.97. The molecule has 0 saturated carbocycles. The zero-order valence-electron chi connectivity index (χ0n) is 14.2. The lowest BCUT2D eigenvalue weighted by Gasteiger charge is -2.10. The average molecular weight is 400 g/mol. The van der Waals surface area contributed by atoms with Crippen LogP contribution in [0.4, 0.5) is 5.13 Å². The number of pyridine rings is 1. The minimum atomic E-state index is -0.367. The second-order valence-electron chi connectivity index (χ2n) is 5.71. The maximum Gasteiger partial charge on any atom is 0.277 e. The predicted molar refractivity (Wildman–Crippen MR) is 104 cm³/mol. The number of para-hydroxylation sites is 1. The van der Waals surface area contributed by atoms with Gasteiger partial charge in [0.15, 0.2) is 5.01 Å². The predicted octanol–water partition coefficient (Wildman–Crippen LogP) is 4.23. The van der Waals surface area contributed by atoms with Crippen LogP contribution in [0.25, 0.3) is 5.65 Å². The van der Waals surface area contributed by atoms with Crippen LogP contribution in [0.1, 0.15) is 28.5 Å². The first kappa shape index (κ1) is 17.4. The number of ether oxygens (including phenoxy) is 1. The van der Waals surface area contributed by atoms with Gasteiger partial charge in [-0.15, -0.1) is 10.2 Å². The van der Waals surface area contributed by atoms with E-state index in [2.05, 4.69) is 20.5 Å². The molecule has 3 aromatic heterocycles. The van der Waals surface area contributed by atoms with Gasteiger partial charge in [-0.2, -0.15) is 0 Å². The third-order valence-corrected chi connectivity index (χ3v) is 4.94. The van der Waals surface area contributed by atoms with Crippen LogP contribution in [0, 0.1) is 0 Å². The second kappa shape index (κ2) is 7.34. The lowest BCUT2D eigenvalue weighted by atomic mass is 10.3. The summed E-state index contributed by atoms with van der Waals surface area (Å²) >= 11 is 7.21. The molecule has 27 heavy (non-hydrogen) atoms. The first-order chi connectivity index (χ1) is 13.1. The molecule has 0 aliphatic rings. The minimum Gasteiger partial charge on any atom is -0.483 e. The first-order valence-corrected chi connectivity index (χ1v) is 9.28. The number of fused-ring (bicyclic) bond motifs is 1. The van der Waals surface area contributed by atoms with E-state index in [4.69, 9.17) is 16.3 Å². The normalized spacial score (nSPS) is 12.1. The van der Waals surface area contributed by atoms with Crippen LogP contribution < -0.4 is 10.1 Å². The van der Waals surface area contributed by atoms with Gasteiger partial charge < -0.3 is 9.14 Å². The van der Waals surface area contributed by atoms with E-state index in [1.165, 1.54) is 11.3 Å². The molecule has 7 nitrogen and oxygen atoms in total. The van der Waals surface area contributed by atoms with Crippen molar-refractivity contribution in [2.45, 2.75) is 13.0 Å². The molecule has 4 rings (SSSR count). The molecule has 0 aliphatic heterocycles. The fourth-order valence-corrected chi connectivity index (χ4v) is 3.33. The zero-order chi connectivity index (χ0) is 18.8. The van der Waals surface area contributed by atoms with E-state index in [0.717, 1.165) is 5.75 Å². The van der Waals surface area contributed by atoms with Crippen molar-refractivity contribution in [3.8, 4) is 5.75 Å². The van der Waals surface area contributed by atoms with Gasteiger partial charge in [0.1, 0.15) is 23.2 Å². The van der Waals surface area contributed by atoms with Crippen LogP contribution >= 0.6 is 22.9 Å². The monoisotopic (exact) mass is 399 g/mol. The summed E-state index contributed by atoms with van der Waals surface area (Å²) in [6, 6.07) is 12.9. The largest absolute Gasteiger partial charge is 0.483 e. The molecule has 1 aromatic carbocycles. The second-order valence-corrected chi connectivity index (χ2v) is 7.16. The van der Waals surface area contributed by atoms with Crippen molar-refractivity contribution in [1.82, 2.24) is 19.6 Å². The fourth-order valence-electron chi connectivity index (χ4n) is 2.44. The Labute approximate surface area is 163 Å². The molecular weight excluding hydrogens is 386 g/mol. The smallest absolute Gasteiger partial charge is 0.277 e. The number of halogens is 1. The third-order valence-electron chi connectivity index (χ3n) is 3.71. The summed E-state index contributed by atoms with van der Waals surface area (Å²) in [6.07, 6.45) is 3.01. The summed E-state index contributed by atoms with van der Waals surface area (Å²) in [4.78, 5) is 16.7. The number of rotatable bonds is 5. The highest BCUT2D eigenvalue weighted by atomic mass is 35.5. The van der Waals surface area contributed by atoms with Crippen LogP contribution in [0.2, 0.25) is 5.02 Å². The van der Waals surface area contributed by atoms with Crippen molar-refractivity contribution >= 4 is 39.6 Å². The Morgan fingerprint density at radius 1 is 1.19 bits per heavy atom. The number of anilines is 1. The number of amides is 1. The number of carbonyl (C=O) groups excluding carboxylic acids is 1. The molecule has 0 bridgehead atoms. The van der Waals surface area contributed by atoms with Gasteiger partial charge in [0.25, 0.3) is 5.91 Å². The minimum absolute atomic E-state index is 0.266. The van der Waals surface area contributed by atoms with E-state index < -0.39 is 0 Å². The first-order valence-electron chi connectivity index (χ1n) is 8.09. The molecule has 0 aliphatic carbocycles. The van der Waals surface area contributed by atoms with Crippen molar-refractivity contribution in [2.24, 2.45) is 0 Å².